The van der Waals surface area contributed by atoms with Gasteiger partial charge in [0.25, 0.3) is 0 Å². The molecule has 1 rings (SSSR count). The Morgan fingerprint density at radius 2 is 1.79 bits per heavy atom. The first-order chi connectivity index (χ1) is 8.62. The van der Waals surface area contributed by atoms with Crippen LogP contribution in [0, 0.1) is 5.41 Å². The third kappa shape index (κ3) is 5.00. The number of carboxylic acids is 1. The van der Waals surface area contributed by atoms with Crippen LogP contribution in [0.1, 0.15) is 26.3 Å². The van der Waals surface area contributed by atoms with Gasteiger partial charge in [-0.1, -0.05) is 51.1 Å². The fourth-order valence-corrected chi connectivity index (χ4v) is 3.14. The van der Waals surface area contributed by atoms with Crippen LogP contribution >= 0.6 is 0 Å². The predicted octanol–water partition coefficient (Wildman–Crippen LogP) is 1.61. The van der Waals surface area contributed by atoms with Crippen LogP contribution in [0.15, 0.2) is 30.3 Å². The quantitative estimate of drug-likeness (QED) is 0.861. The highest BCUT2D eigenvalue weighted by atomic mass is 32.2. The largest absolute Gasteiger partial charge is 0.480 e. The number of hydrogen-bond acceptors (Lipinski definition) is 3. The topological polar surface area (TPSA) is 83.5 Å². The van der Waals surface area contributed by atoms with Gasteiger partial charge in [-0.3, -0.25) is 4.79 Å². The minimum Gasteiger partial charge on any atom is -0.480 e. The molecular formula is C13H19NO4S. The molecule has 2 N–H and O–H groups in total. The summed E-state index contributed by atoms with van der Waals surface area (Å²) in [5.74, 6) is -1.41. The molecule has 0 heterocycles. The first kappa shape index (κ1) is 15.7. The lowest BCUT2D eigenvalue weighted by molar-refractivity contribution is -0.141. The molecule has 1 atom stereocenters. The van der Waals surface area contributed by atoms with Crippen LogP contribution in [0.5, 0.6) is 0 Å². The van der Waals surface area contributed by atoms with Crippen LogP contribution in [0.4, 0.5) is 0 Å². The molecule has 1 unspecified atom stereocenters. The zero-order chi connectivity index (χ0) is 14.7. The summed E-state index contributed by atoms with van der Waals surface area (Å²) in [5, 5.41) is 9.11. The summed E-state index contributed by atoms with van der Waals surface area (Å²) >= 11 is 0. The minimum absolute atomic E-state index is 0.228. The molecule has 5 nitrogen and oxygen atoms in total. The van der Waals surface area contributed by atoms with Crippen molar-refractivity contribution in [3.05, 3.63) is 35.9 Å². The number of benzene rings is 1. The first-order valence-corrected chi connectivity index (χ1v) is 7.54. The van der Waals surface area contributed by atoms with E-state index in [1.807, 2.05) is 0 Å². The van der Waals surface area contributed by atoms with Crippen molar-refractivity contribution >= 4 is 16.0 Å². The minimum atomic E-state index is -3.69. The van der Waals surface area contributed by atoms with E-state index >= 15 is 0 Å². The van der Waals surface area contributed by atoms with Crippen LogP contribution in [0.3, 0.4) is 0 Å². The SMILES string of the molecule is CC(C)(C)C(NS(=O)(=O)Cc1ccccc1)C(=O)O. The zero-order valence-corrected chi connectivity index (χ0v) is 12.1. The van der Waals surface area contributed by atoms with E-state index in [1.54, 1.807) is 51.1 Å². The fraction of sp³-hybridized carbons (Fsp3) is 0.462. The number of sulfonamides is 1. The van der Waals surface area contributed by atoms with Crippen molar-refractivity contribution < 1.29 is 18.3 Å². The maximum atomic E-state index is 12.0. The zero-order valence-electron chi connectivity index (χ0n) is 11.3. The van der Waals surface area contributed by atoms with Crippen LogP contribution in [-0.2, 0) is 20.6 Å². The molecule has 0 aromatic heterocycles. The molecule has 0 aliphatic heterocycles. The molecule has 0 fully saturated rings. The van der Waals surface area contributed by atoms with Crippen LogP contribution in [0.25, 0.3) is 0 Å². The maximum absolute atomic E-state index is 12.0. The Bertz CT molecular complexity index is 532. The molecule has 0 aliphatic carbocycles. The highest BCUT2D eigenvalue weighted by molar-refractivity contribution is 7.88. The second-order valence-electron chi connectivity index (χ2n) is 5.50. The Balaban J connectivity index is 2.87. The summed E-state index contributed by atoms with van der Waals surface area (Å²) < 4.78 is 26.2. The van der Waals surface area contributed by atoms with E-state index in [0.29, 0.717) is 5.56 Å². The summed E-state index contributed by atoms with van der Waals surface area (Å²) in [4.78, 5) is 11.1. The van der Waals surface area contributed by atoms with Crippen molar-refractivity contribution in [2.45, 2.75) is 32.6 Å². The fourth-order valence-electron chi connectivity index (χ4n) is 1.61. The van der Waals surface area contributed by atoms with Gasteiger partial charge in [0.1, 0.15) is 6.04 Å². The second-order valence-corrected chi connectivity index (χ2v) is 7.25. The third-order valence-corrected chi connectivity index (χ3v) is 3.92. The summed E-state index contributed by atoms with van der Waals surface area (Å²) in [7, 11) is -3.69. The Morgan fingerprint density at radius 3 is 2.21 bits per heavy atom. The maximum Gasteiger partial charge on any atom is 0.322 e. The van der Waals surface area contributed by atoms with Crippen LogP contribution in [0.2, 0.25) is 0 Å². The smallest absolute Gasteiger partial charge is 0.322 e. The van der Waals surface area contributed by atoms with Crippen molar-refractivity contribution in [3.63, 3.8) is 0 Å². The van der Waals surface area contributed by atoms with Gasteiger partial charge < -0.3 is 5.11 Å². The van der Waals surface area contributed by atoms with Gasteiger partial charge in [0.15, 0.2) is 0 Å². The average molecular weight is 285 g/mol. The van der Waals surface area contributed by atoms with Gasteiger partial charge >= 0.3 is 5.97 Å². The Labute approximate surface area is 113 Å². The Kier molecular flexibility index (Phi) is 4.70. The van der Waals surface area contributed by atoms with E-state index in [1.165, 1.54) is 0 Å². The molecule has 0 radical (unpaired) electrons. The van der Waals surface area contributed by atoms with E-state index < -0.39 is 27.4 Å². The summed E-state index contributed by atoms with van der Waals surface area (Å²) in [6, 6.07) is 7.49. The lowest BCUT2D eigenvalue weighted by atomic mass is 9.88. The van der Waals surface area contributed by atoms with Crippen molar-refractivity contribution in [1.29, 1.82) is 0 Å². The Hall–Kier alpha value is -1.40. The van der Waals surface area contributed by atoms with Crippen molar-refractivity contribution in [1.82, 2.24) is 4.72 Å². The van der Waals surface area contributed by atoms with Crippen molar-refractivity contribution in [2.75, 3.05) is 0 Å². The van der Waals surface area contributed by atoms with Gasteiger partial charge in [0.05, 0.1) is 5.75 Å². The number of hydrogen-bond donors (Lipinski definition) is 2. The van der Waals surface area contributed by atoms with E-state index in [2.05, 4.69) is 4.72 Å². The van der Waals surface area contributed by atoms with Crippen LogP contribution < -0.4 is 4.72 Å². The van der Waals surface area contributed by atoms with Gasteiger partial charge in [0.2, 0.25) is 10.0 Å². The molecule has 1 aromatic rings. The van der Waals surface area contributed by atoms with Gasteiger partial charge in [0, 0.05) is 0 Å². The molecule has 6 heteroatoms. The number of carboxylic acid groups (broad SMARTS) is 1. The molecule has 0 amide bonds. The molecule has 0 saturated heterocycles. The van der Waals surface area contributed by atoms with Crippen molar-refractivity contribution in [3.8, 4) is 0 Å². The van der Waals surface area contributed by atoms with E-state index in [9.17, 15) is 13.2 Å². The van der Waals surface area contributed by atoms with Crippen LogP contribution in [-0.4, -0.2) is 25.5 Å². The average Bonchev–Trinajstić information content (AvgIpc) is 2.25. The Morgan fingerprint density at radius 1 is 1.26 bits per heavy atom. The number of aliphatic carboxylic acids is 1. The predicted molar refractivity (Wildman–Crippen MR) is 73.1 cm³/mol. The van der Waals surface area contributed by atoms with Crippen molar-refractivity contribution in [2.24, 2.45) is 5.41 Å². The monoisotopic (exact) mass is 285 g/mol. The molecular weight excluding hydrogens is 266 g/mol. The number of rotatable bonds is 5. The van der Waals surface area contributed by atoms with Gasteiger partial charge in [-0.05, 0) is 11.0 Å². The highest BCUT2D eigenvalue weighted by Crippen LogP contribution is 2.20. The molecule has 106 valence electrons. The molecule has 0 spiro atoms. The lowest BCUT2D eigenvalue weighted by Crippen LogP contribution is -2.49. The van der Waals surface area contributed by atoms with Gasteiger partial charge in [-0.15, -0.1) is 0 Å². The molecule has 1 aromatic carbocycles. The number of carbonyl (C=O) groups is 1. The lowest BCUT2D eigenvalue weighted by Gasteiger charge is -2.27. The first-order valence-electron chi connectivity index (χ1n) is 5.88. The standard InChI is InChI=1S/C13H19NO4S/c1-13(2,3)11(12(15)16)14-19(17,18)9-10-7-5-4-6-8-10/h4-8,11,14H,9H2,1-3H3,(H,15,16). The van der Waals surface area contributed by atoms with Gasteiger partial charge in [-0.2, -0.15) is 0 Å². The molecule has 0 saturated carbocycles. The second kappa shape index (κ2) is 5.71. The normalized spacial score (nSPS) is 14.1. The molecule has 19 heavy (non-hydrogen) atoms. The summed E-state index contributed by atoms with van der Waals surface area (Å²) in [6.45, 7) is 5.03. The van der Waals surface area contributed by atoms with E-state index in [-0.39, 0.29) is 5.75 Å². The number of nitrogens with one attached hydrogen (secondary N) is 1. The van der Waals surface area contributed by atoms with Gasteiger partial charge in [-0.25, -0.2) is 13.1 Å². The summed E-state index contributed by atoms with van der Waals surface area (Å²) in [6.07, 6.45) is 0. The van der Waals surface area contributed by atoms with E-state index in [4.69, 9.17) is 5.11 Å². The summed E-state index contributed by atoms with van der Waals surface area (Å²) in [5.41, 5.74) is -0.0803. The molecule has 0 bridgehead atoms. The molecule has 0 aliphatic rings. The highest BCUT2D eigenvalue weighted by Gasteiger charge is 2.34. The van der Waals surface area contributed by atoms with E-state index in [0.717, 1.165) is 0 Å². The third-order valence-electron chi connectivity index (χ3n) is 2.61.